The zero-order valence-electron chi connectivity index (χ0n) is 17.5. The van der Waals surface area contributed by atoms with Crippen molar-refractivity contribution in [1.29, 1.82) is 0 Å². The minimum Gasteiger partial charge on any atom is -0.454 e. The van der Waals surface area contributed by atoms with Crippen molar-refractivity contribution >= 4 is 5.97 Å². The Labute approximate surface area is 180 Å². The van der Waals surface area contributed by atoms with Gasteiger partial charge in [-0.15, -0.1) is 0 Å². The summed E-state index contributed by atoms with van der Waals surface area (Å²) in [5.74, 6) is -0.400. The Balaban J connectivity index is 1.52. The van der Waals surface area contributed by atoms with E-state index < -0.39 is 12.1 Å². The quantitative estimate of drug-likeness (QED) is 0.472. The molecular weight excluding hydrogens is 392 g/mol. The Morgan fingerprint density at radius 2 is 1.71 bits per heavy atom. The number of hydrogen-bond donors (Lipinski definition) is 0. The highest BCUT2D eigenvalue weighted by Crippen LogP contribution is 2.24. The van der Waals surface area contributed by atoms with Crippen LogP contribution in [-0.4, -0.2) is 21.2 Å². The SMILES string of the molecule is Cc1cc(C)cc(Cn2c(=O)ccn([C@H]3C=C[C@@H](OC(=O)c4ccccc4)C3)c2=O)c1. The van der Waals surface area contributed by atoms with Gasteiger partial charge in [-0.05, 0) is 37.6 Å². The first kappa shape index (κ1) is 20.6. The monoisotopic (exact) mass is 416 g/mol. The van der Waals surface area contributed by atoms with E-state index in [0.29, 0.717) is 12.0 Å². The summed E-state index contributed by atoms with van der Waals surface area (Å²) in [6.07, 6.45) is 5.16. The van der Waals surface area contributed by atoms with Crippen LogP contribution >= 0.6 is 0 Å². The summed E-state index contributed by atoms with van der Waals surface area (Å²) in [6, 6.07) is 15.9. The van der Waals surface area contributed by atoms with Crippen LogP contribution < -0.4 is 11.2 Å². The van der Waals surface area contributed by atoms with Crippen molar-refractivity contribution < 1.29 is 9.53 Å². The van der Waals surface area contributed by atoms with Gasteiger partial charge in [0.1, 0.15) is 6.10 Å². The summed E-state index contributed by atoms with van der Waals surface area (Å²) in [5, 5.41) is 0. The van der Waals surface area contributed by atoms with Crippen LogP contribution in [0.5, 0.6) is 0 Å². The van der Waals surface area contributed by atoms with Gasteiger partial charge in [0.2, 0.25) is 0 Å². The Kier molecular flexibility index (Phi) is 5.71. The van der Waals surface area contributed by atoms with E-state index in [2.05, 4.69) is 6.07 Å². The number of hydrogen-bond acceptors (Lipinski definition) is 4. The molecule has 0 radical (unpaired) electrons. The lowest BCUT2D eigenvalue weighted by Gasteiger charge is -2.17. The van der Waals surface area contributed by atoms with Crippen LogP contribution in [0.4, 0.5) is 0 Å². The summed E-state index contributed by atoms with van der Waals surface area (Å²) in [7, 11) is 0. The third-order valence-electron chi connectivity index (χ3n) is 5.36. The number of nitrogens with zero attached hydrogens (tertiary/aromatic N) is 2. The molecule has 31 heavy (non-hydrogen) atoms. The van der Waals surface area contributed by atoms with Gasteiger partial charge in [0, 0.05) is 18.7 Å². The first-order valence-corrected chi connectivity index (χ1v) is 10.2. The third-order valence-corrected chi connectivity index (χ3v) is 5.36. The Hall–Kier alpha value is -3.67. The molecule has 1 aliphatic carbocycles. The van der Waals surface area contributed by atoms with E-state index in [1.165, 1.54) is 21.4 Å². The molecule has 3 aromatic rings. The summed E-state index contributed by atoms with van der Waals surface area (Å²) in [4.78, 5) is 37.8. The zero-order chi connectivity index (χ0) is 22.0. The number of allylic oxidation sites excluding steroid dienone is 1. The van der Waals surface area contributed by atoms with E-state index in [1.54, 1.807) is 30.3 Å². The molecule has 0 N–H and O–H groups in total. The van der Waals surface area contributed by atoms with Crippen molar-refractivity contribution in [2.45, 2.75) is 39.0 Å². The van der Waals surface area contributed by atoms with E-state index in [-0.39, 0.29) is 23.8 Å². The van der Waals surface area contributed by atoms with Gasteiger partial charge in [-0.1, -0.05) is 53.6 Å². The van der Waals surface area contributed by atoms with Gasteiger partial charge < -0.3 is 4.74 Å². The summed E-state index contributed by atoms with van der Waals surface area (Å²) in [6.45, 7) is 4.19. The molecule has 0 aliphatic heterocycles. The maximum Gasteiger partial charge on any atom is 0.338 e. The number of ether oxygens (including phenoxy) is 1. The molecule has 0 spiro atoms. The average Bonchev–Trinajstić information content (AvgIpc) is 3.19. The largest absolute Gasteiger partial charge is 0.454 e. The number of aromatic nitrogens is 2. The highest BCUT2D eigenvalue weighted by molar-refractivity contribution is 5.89. The number of carbonyl (C=O) groups is 1. The van der Waals surface area contributed by atoms with Crippen molar-refractivity contribution in [3.05, 3.63) is 116 Å². The van der Waals surface area contributed by atoms with Crippen molar-refractivity contribution in [3.8, 4) is 0 Å². The molecule has 0 bridgehead atoms. The number of benzene rings is 2. The Morgan fingerprint density at radius 3 is 2.42 bits per heavy atom. The first-order chi connectivity index (χ1) is 14.9. The lowest BCUT2D eigenvalue weighted by molar-refractivity contribution is 0.0382. The maximum atomic E-state index is 13.1. The van der Waals surface area contributed by atoms with Crippen LogP contribution in [0.3, 0.4) is 0 Å². The molecule has 1 aromatic heterocycles. The van der Waals surface area contributed by atoms with Crippen LogP contribution in [0.2, 0.25) is 0 Å². The van der Waals surface area contributed by atoms with Crippen LogP contribution in [-0.2, 0) is 11.3 Å². The summed E-state index contributed by atoms with van der Waals surface area (Å²) < 4.78 is 8.32. The molecule has 0 saturated carbocycles. The van der Waals surface area contributed by atoms with E-state index in [9.17, 15) is 14.4 Å². The van der Waals surface area contributed by atoms with E-state index in [1.807, 2.05) is 38.1 Å². The molecule has 6 heteroatoms. The van der Waals surface area contributed by atoms with Gasteiger partial charge in [0.25, 0.3) is 5.56 Å². The second kappa shape index (κ2) is 8.60. The lowest BCUT2D eigenvalue weighted by atomic mass is 10.1. The normalized spacial score (nSPS) is 17.6. The molecule has 1 aliphatic rings. The molecule has 0 fully saturated rings. The molecule has 6 nitrogen and oxygen atoms in total. The minimum absolute atomic E-state index is 0.212. The van der Waals surface area contributed by atoms with Crippen LogP contribution in [0, 0.1) is 13.8 Å². The molecule has 158 valence electrons. The fourth-order valence-corrected chi connectivity index (χ4v) is 3.99. The Bertz CT molecular complexity index is 1230. The predicted molar refractivity (Wildman–Crippen MR) is 118 cm³/mol. The van der Waals surface area contributed by atoms with Gasteiger partial charge >= 0.3 is 11.7 Å². The molecule has 0 saturated heterocycles. The minimum atomic E-state index is -0.426. The van der Waals surface area contributed by atoms with Gasteiger partial charge in [-0.3, -0.25) is 13.9 Å². The molecule has 0 amide bonds. The van der Waals surface area contributed by atoms with Crippen molar-refractivity contribution in [2.75, 3.05) is 0 Å². The third kappa shape index (κ3) is 4.58. The van der Waals surface area contributed by atoms with Crippen LogP contribution in [0.25, 0.3) is 0 Å². The molecule has 2 atom stereocenters. The number of carbonyl (C=O) groups excluding carboxylic acids is 1. The summed E-state index contributed by atoms with van der Waals surface area (Å²) in [5.41, 5.74) is 2.84. The van der Waals surface area contributed by atoms with E-state index in [4.69, 9.17) is 4.74 Å². The average molecular weight is 416 g/mol. The number of esters is 1. The molecule has 1 heterocycles. The standard InChI is InChI=1S/C25H24N2O4/c1-17-12-18(2)14-19(13-17)16-27-23(28)10-11-26(25(27)30)21-8-9-22(15-21)31-24(29)20-6-4-3-5-7-20/h3-14,21-22H,15-16H2,1-2H3/t21-,22+/m0/s1. The van der Waals surface area contributed by atoms with Crippen LogP contribution in [0.15, 0.2) is 82.5 Å². The number of rotatable bonds is 5. The highest BCUT2D eigenvalue weighted by Gasteiger charge is 2.25. The lowest BCUT2D eigenvalue weighted by Crippen LogP contribution is -2.40. The van der Waals surface area contributed by atoms with Gasteiger partial charge in [0.05, 0.1) is 18.2 Å². The van der Waals surface area contributed by atoms with Crippen molar-refractivity contribution in [2.24, 2.45) is 0 Å². The predicted octanol–water partition coefficient (Wildman–Crippen LogP) is 3.40. The topological polar surface area (TPSA) is 70.3 Å². The summed E-state index contributed by atoms with van der Waals surface area (Å²) >= 11 is 0. The fraction of sp³-hybridized carbons (Fsp3) is 0.240. The smallest absolute Gasteiger partial charge is 0.338 e. The highest BCUT2D eigenvalue weighted by atomic mass is 16.5. The van der Waals surface area contributed by atoms with Gasteiger partial charge in [-0.25, -0.2) is 9.59 Å². The first-order valence-electron chi connectivity index (χ1n) is 10.2. The number of aryl methyl sites for hydroxylation is 2. The van der Waals surface area contributed by atoms with Crippen molar-refractivity contribution in [1.82, 2.24) is 9.13 Å². The fourth-order valence-electron chi connectivity index (χ4n) is 3.99. The van der Waals surface area contributed by atoms with Crippen LogP contribution in [0.1, 0.15) is 39.5 Å². The van der Waals surface area contributed by atoms with Crippen molar-refractivity contribution in [3.63, 3.8) is 0 Å². The van der Waals surface area contributed by atoms with Gasteiger partial charge in [-0.2, -0.15) is 0 Å². The molecular formula is C25H24N2O4. The second-order valence-electron chi connectivity index (χ2n) is 7.92. The van der Waals surface area contributed by atoms with E-state index in [0.717, 1.165) is 16.7 Å². The Morgan fingerprint density at radius 1 is 1.00 bits per heavy atom. The molecule has 4 rings (SSSR count). The maximum absolute atomic E-state index is 13.1. The molecule has 2 aromatic carbocycles. The second-order valence-corrected chi connectivity index (χ2v) is 7.92. The van der Waals surface area contributed by atoms with E-state index >= 15 is 0 Å². The zero-order valence-corrected chi connectivity index (χ0v) is 17.5. The molecule has 0 unspecified atom stereocenters. The van der Waals surface area contributed by atoms with Gasteiger partial charge in [0.15, 0.2) is 0 Å².